The lowest BCUT2D eigenvalue weighted by molar-refractivity contribution is 0.509. The van der Waals surface area contributed by atoms with Crippen molar-refractivity contribution in [3.8, 4) is 0 Å². The number of alkyl halides is 1. The van der Waals surface area contributed by atoms with Gasteiger partial charge in [-0.15, -0.1) is 11.6 Å². The van der Waals surface area contributed by atoms with E-state index in [1.165, 1.54) is 12.1 Å². The standard InChI is InChI=1S/C14H13ClF2O/c1-2-14-11(5-6-18-14)12(15)7-9-3-4-10(16)8-13(9)17/h3-6,8,12H,2,7H2,1H3. The van der Waals surface area contributed by atoms with Gasteiger partial charge in [0.15, 0.2) is 0 Å². The molecule has 0 aliphatic rings. The first-order valence-electron chi connectivity index (χ1n) is 5.76. The van der Waals surface area contributed by atoms with E-state index in [1.54, 1.807) is 12.3 Å². The number of halogens is 3. The van der Waals surface area contributed by atoms with Crippen molar-refractivity contribution < 1.29 is 13.2 Å². The molecule has 0 radical (unpaired) electrons. The van der Waals surface area contributed by atoms with Crippen LogP contribution in [-0.2, 0) is 12.8 Å². The molecule has 0 N–H and O–H groups in total. The van der Waals surface area contributed by atoms with E-state index in [4.69, 9.17) is 16.0 Å². The van der Waals surface area contributed by atoms with E-state index in [2.05, 4.69) is 0 Å². The maximum Gasteiger partial charge on any atom is 0.129 e. The van der Waals surface area contributed by atoms with Crippen LogP contribution in [0, 0.1) is 11.6 Å². The molecule has 18 heavy (non-hydrogen) atoms. The number of aryl methyl sites for hydroxylation is 1. The summed E-state index contributed by atoms with van der Waals surface area (Å²) in [4.78, 5) is 0. The fraction of sp³-hybridized carbons (Fsp3) is 0.286. The van der Waals surface area contributed by atoms with Crippen LogP contribution in [0.25, 0.3) is 0 Å². The van der Waals surface area contributed by atoms with Crippen molar-refractivity contribution in [1.29, 1.82) is 0 Å². The summed E-state index contributed by atoms with van der Waals surface area (Å²) in [5.41, 5.74) is 1.27. The van der Waals surface area contributed by atoms with Crippen molar-refractivity contribution in [2.45, 2.75) is 25.1 Å². The van der Waals surface area contributed by atoms with Crippen LogP contribution in [0.4, 0.5) is 8.78 Å². The van der Waals surface area contributed by atoms with E-state index in [1.807, 2.05) is 6.92 Å². The molecule has 2 aromatic rings. The Morgan fingerprint density at radius 3 is 2.72 bits per heavy atom. The zero-order valence-corrected chi connectivity index (χ0v) is 10.7. The highest BCUT2D eigenvalue weighted by Gasteiger charge is 2.17. The van der Waals surface area contributed by atoms with Crippen molar-refractivity contribution in [3.05, 3.63) is 59.1 Å². The van der Waals surface area contributed by atoms with Gasteiger partial charge in [-0.1, -0.05) is 13.0 Å². The summed E-state index contributed by atoms with van der Waals surface area (Å²) in [6, 6.07) is 5.32. The second kappa shape index (κ2) is 5.53. The Bertz CT molecular complexity index is 536. The van der Waals surface area contributed by atoms with Crippen LogP contribution in [0.15, 0.2) is 34.9 Å². The molecule has 96 valence electrons. The zero-order valence-electron chi connectivity index (χ0n) is 9.92. The Morgan fingerprint density at radius 2 is 2.06 bits per heavy atom. The highest BCUT2D eigenvalue weighted by molar-refractivity contribution is 6.21. The van der Waals surface area contributed by atoms with Crippen LogP contribution in [0.1, 0.15) is 29.2 Å². The fourth-order valence-electron chi connectivity index (χ4n) is 1.91. The molecule has 0 spiro atoms. The van der Waals surface area contributed by atoms with Gasteiger partial charge in [0, 0.05) is 18.1 Å². The van der Waals surface area contributed by atoms with E-state index >= 15 is 0 Å². The van der Waals surface area contributed by atoms with E-state index in [0.29, 0.717) is 12.0 Å². The van der Waals surface area contributed by atoms with Crippen molar-refractivity contribution in [1.82, 2.24) is 0 Å². The third kappa shape index (κ3) is 2.72. The highest BCUT2D eigenvalue weighted by Crippen LogP contribution is 2.29. The first kappa shape index (κ1) is 13.1. The molecule has 0 fully saturated rings. The molecule has 0 aliphatic heterocycles. The Kier molecular flexibility index (Phi) is 4.02. The monoisotopic (exact) mass is 270 g/mol. The van der Waals surface area contributed by atoms with E-state index < -0.39 is 11.6 Å². The van der Waals surface area contributed by atoms with Gasteiger partial charge in [-0.25, -0.2) is 8.78 Å². The molecule has 0 aliphatic carbocycles. The lowest BCUT2D eigenvalue weighted by Gasteiger charge is -2.10. The summed E-state index contributed by atoms with van der Waals surface area (Å²) in [5.74, 6) is -0.348. The third-order valence-electron chi connectivity index (χ3n) is 2.85. The van der Waals surface area contributed by atoms with E-state index in [0.717, 1.165) is 23.8 Å². The van der Waals surface area contributed by atoms with Crippen LogP contribution in [0.5, 0.6) is 0 Å². The molecule has 0 saturated heterocycles. The molecule has 0 amide bonds. The largest absolute Gasteiger partial charge is 0.469 e. The average Bonchev–Trinajstić information content (AvgIpc) is 2.81. The fourth-order valence-corrected chi connectivity index (χ4v) is 2.27. The van der Waals surface area contributed by atoms with E-state index in [-0.39, 0.29) is 5.38 Å². The summed E-state index contributed by atoms with van der Waals surface area (Å²) in [6.45, 7) is 1.96. The van der Waals surface area contributed by atoms with Crippen LogP contribution in [-0.4, -0.2) is 0 Å². The van der Waals surface area contributed by atoms with Crippen LogP contribution >= 0.6 is 11.6 Å². The highest BCUT2D eigenvalue weighted by atomic mass is 35.5. The minimum atomic E-state index is -0.583. The Labute approximate surface area is 109 Å². The molecule has 1 unspecified atom stereocenters. The second-order valence-corrected chi connectivity index (χ2v) is 4.59. The molecular formula is C14H13ClF2O. The van der Waals surface area contributed by atoms with Gasteiger partial charge in [-0.2, -0.15) is 0 Å². The number of hydrogen-bond donors (Lipinski definition) is 0. The van der Waals surface area contributed by atoms with Crippen LogP contribution < -0.4 is 0 Å². The zero-order chi connectivity index (χ0) is 13.1. The molecular weight excluding hydrogens is 258 g/mol. The van der Waals surface area contributed by atoms with Crippen molar-refractivity contribution in [2.24, 2.45) is 0 Å². The lowest BCUT2D eigenvalue weighted by atomic mass is 10.0. The Hall–Kier alpha value is -1.35. The number of rotatable bonds is 4. The van der Waals surface area contributed by atoms with E-state index in [9.17, 15) is 8.78 Å². The molecule has 1 aromatic heterocycles. The third-order valence-corrected chi connectivity index (χ3v) is 3.24. The molecule has 0 saturated carbocycles. The van der Waals surface area contributed by atoms with Gasteiger partial charge in [0.05, 0.1) is 11.6 Å². The molecule has 1 atom stereocenters. The number of furan rings is 1. The molecule has 2 rings (SSSR count). The Balaban J connectivity index is 2.18. The molecule has 0 bridgehead atoms. The SMILES string of the molecule is CCc1occc1C(Cl)Cc1ccc(F)cc1F. The predicted molar refractivity (Wildman–Crippen MR) is 66.7 cm³/mol. The van der Waals surface area contributed by atoms with Gasteiger partial charge in [0.2, 0.25) is 0 Å². The summed E-state index contributed by atoms with van der Waals surface area (Å²) in [6.07, 6.45) is 2.61. The van der Waals surface area contributed by atoms with Crippen molar-refractivity contribution >= 4 is 11.6 Å². The summed E-state index contributed by atoms with van der Waals surface area (Å²) >= 11 is 6.26. The molecule has 1 nitrogen and oxygen atoms in total. The van der Waals surface area contributed by atoms with Crippen molar-refractivity contribution in [3.63, 3.8) is 0 Å². The van der Waals surface area contributed by atoms with Gasteiger partial charge in [0.25, 0.3) is 0 Å². The van der Waals surface area contributed by atoms with Crippen molar-refractivity contribution in [2.75, 3.05) is 0 Å². The molecule has 4 heteroatoms. The first-order valence-corrected chi connectivity index (χ1v) is 6.19. The molecule has 1 heterocycles. The maximum atomic E-state index is 13.5. The number of benzene rings is 1. The van der Waals surface area contributed by atoms with Crippen LogP contribution in [0.2, 0.25) is 0 Å². The van der Waals surface area contributed by atoms with Gasteiger partial charge in [0.1, 0.15) is 17.4 Å². The summed E-state index contributed by atoms with van der Waals surface area (Å²) in [5, 5.41) is -0.376. The van der Waals surface area contributed by atoms with Gasteiger partial charge >= 0.3 is 0 Å². The summed E-state index contributed by atoms with van der Waals surface area (Å²) < 4.78 is 31.6. The predicted octanol–water partition coefficient (Wildman–Crippen LogP) is 4.64. The van der Waals surface area contributed by atoms with Gasteiger partial charge in [-0.3, -0.25) is 0 Å². The van der Waals surface area contributed by atoms with Gasteiger partial charge < -0.3 is 4.42 Å². The van der Waals surface area contributed by atoms with Crippen LogP contribution in [0.3, 0.4) is 0 Å². The smallest absolute Gasteiger partial charge is 0.129 e. The first-order chi connectivity index (χ1) is 8.61. The quantitative estimate of drug-likeness (QED) is 0.738. The Morgan fingerprint density at radius 1 is 1.28 bits per heavy atom. The average molecular weight is 271 g/mol. The molecule has 1 aromatic carbocycles. The topological polar surface area (TPSA) is 13.1 Å². The minimum absolute atomic E-state index is 0.306. The summed E-state index contributed by atoms with van der Waals surface area (Å²) in [7, 11) is 0. The lowest BCUT2D eigenvalue weighted by Crippen LogP contribution is -2.00. The maximum absolute atomic E-state index is 13.5. The minimum Gasteiger partial charge on any atom is -0.469 e. The van der Waals surface area contributed by atoms with Gasteiger partial charge in [-0.05, 0) is 24.1 Å². The second-order valence-electron chi connectivity index (χ2n) is 4.06. The number of hydrogen-bond acceptors (Lipinski definition) is 1. The normalized spacial score (nSPS) is 12.7.